The molecule has 1 aromatic heterocycles. The summed E-state index contributed by atoms with van der Waals surface area (Å²) in [5.41, 5.74) is 0. The molecule has 0 radical (unpaired) electrons. The van der Waals surface area contributed by atoms with Crippen LogP contribution < -0.4 is 0 Å². The molecule has 0 bridgehead atoms. The molecule has 1 aliphatic rings. The fraction of sp³-hybridized carbons (Fsp3) is 0.600. The summed E-state index contributed by atoms with van der Waals surface area (Å²) < 4.78 is 6.17. The molecule has 0 spiro atoms. The molecule has 0 aromatic carbocycles. The number of rotatable bonds is 2. The first-order valence-electron chi connectivity index (χ1n) is 4.80. The van der Waals surface area contributed by atoms with Crippen LogP contribution in [0.2, 0.25) is 0 Å². The Morgan fingerprint density at radius 1 is 1.57 bits per heavy atom. The van der Waals surface area contributed by atoms with Crippen LogP contribution in [0, 0.1) is 5.92 Å². The molecule has 4 heteroatoms. The van der Waals surface area contributed by atoms with Gasteiger partial charge in [0.1, 0.15) is 5.76 Å². The maximum absolute atomic E-state index is 9.57. The molecule has 78 valence electrons. The Balaban J connectivity index is 1.93. The van der Waals surface area contributed by atoms with Gasteiger partial charge >= 0.3 is 0 Å². The van der Waals surface area contributed by atoms with Crippen molar-refractivity contribution in [1.82, 2.24) is 4.90 Å². The Morgan fingerprint density at radius 2 is 2.36 bits per heavy atom. The lowest BCUT2D eigenvalue weighted by Gasteiger charge is -2.12. The second-order valence-electron chi connectivity index (χ2n) is 3.94. The third kappa shape index (κ3) is 2.19. The SMILES string of the molecule is CC1CN(Cc2ccc(Br)o2)CC1O. The van der Waals surface area contributed by atoms with Gasteiger partial charge in [0.05, 0.1) is 12.6 Å². The van der Waals surface area contributed by atoms with Crippen molar-refractivity contribution in [2.24, 2.45) is 5.92 Å². The summed E-state index contributed by atoms with van der Waals surface area (Å²) in [5.74, 6) is 1.31. The second kappa shape index (κ2) is 4.04. The Hall–Kier alpha value is -0.320. The van der Waals surface area contributed by atoms with Gasteiger partial charge in [-0.25, -0.2) is 0 Å². The zero-order chi connectivity index (χ0) is 10.1. The van der Waals surface area contributed by atoms with Gasteiger partial charge in [-0.3, -0.25) is 4.90 Å². The molecule has 2 unspecified atom stereocenters. The lowest BCUT2D eigenvalue weighted by molar-refractivity contribution is 0.146. The van der Waals surface area contributed by atoms with E-state index in [-0.39, 0.29) is 6.10 Å². The first-order valence-corrected chi connectivity index (χ1v) is 5.59. The predicted molar refractivity (Wildman–Crippen MR) is 56.9 cm³/mol. The Labute approximate surface area is 91.8 Å². The van der Waals surface area contributed by atoms with Gasteiger partial charge in [0.2, 0.25) is 0 Å². The molecule has 0 saturated carbocycles. The van der Waals surface area contributed by atoms with E-state index in [4.69, 9.17) is 4.42 Å². The molecule has 1 aromatic rings. The van der Waals surface area contributed by atoms with Gasteiger partial charge in [-0.2, -0.15) is 0 Å². The molecule has 2 heterocycles. The van der Waals surface area contributed by atoms with Gasteiger partial charge < -0.3 is 9.52 Å². The van der Waals surface area contributed by atoms with Crippen molar-refractivity contribution >= 4 is 15.9 Å². The van der Waals surface area contributed by atoms with E-state index in [1.54, 1.807) is 0 Å². The summed E-state index contributed by atoms with van der Waals surface area (Å²) in [5, 5.41) is 9.57. The number of hydrogen-bond donors (Lipinski definition) is 1. The zero-order valence-electron chi connectivity index (χ0n) is 8.11. The standard InChI is InChI=1S/C10H14BrNO2/c1-7-4-12(6-9(7)13)5-8-2-3-10(11)14-8/h2-3,7,9,13H,4-6H2,1H3. The molecule has 0 amide bonds. The van der Waals surface area contributed by atoms with Crippen LogP contribution in [0.15, 0.2) is 21.2 Å². The Bertz CT molecular complexity index is 303. The summed E-state index contributed by atoms with van der Waals surface area (Å²) in [6, 6.07) is 3.85. The molecule has 2 rings (SSSR count). The van der Waals surface area contributed by atoms with Crippen molar-refractivity contribution < 1.29 is 9.52 Å². The maximum Gasteiger partial charge on any atom is 0.169 e. The van der Waals surface area contributed by atoms with Crippen molar-refractivity contribution in [3.8, 4) is 0 Å². The summed E-state index contributed by atoms with van der Waals surface area (Å²) in [6.45, 7) is 4.55. The molecule has 2 atom stereocenters. The highest BCUT2D eigenvalue weighted by Gasteiger charge is 2.27. The Kier molecular flexibility index (Phi) is 2.95. The normalized spacial score (nSPS) is 28.5. The molecule has 1 fully saturated rings. The number of β-amino-alcohol motifs (C(OH)–C–C–N with tert-alkyl or cyclic N) is 1. The van der Waals surface area contributed by atoms with E-state index in [9.17, 15) is 5.11 Å². The van der Waals surface area contributed by atoms with E-state index in [1.165, 1.54) is 0 Å². The molecule has 14 heavy (non-hydrogen) atoms. The van der Waals surface area contributed by atoms with Crippen LogP contribution in [0.3, 0.4) is 0 Å². The highest BCUT2D eigenvalue weighted by atomic mass is 79.9. The van der Waals surface area contributed by atoms with Crippen molar-refractivity contribution in [2.75, 3.05) is 13.1 Å². The minimum absolute atomic E-state index is 0.187. The van der Waals surface area contributed by atoms with Gasteiger partial charge in [0.15, 0.2) is 4.67 Å². The highest BCUT2D eigenvalue weighted by Crippen LogP contribution is 2.21. The predicted octanol–water partition coefficient (Wildman–Crippen LogP) is 1.85. The minimum Gasteiger partial charge on any atom is -0.453 e. The lowest BCUT2D eigenvalue weighted by atomic mass is 10.1. The van der Waals surface area contributed by atoms with E-state index in [0.29, 0.717) is 5.92 Å². The molecule has 1 N–H and O–H groups in total. The molecule has 1 saturated heterocycles. The lowest BCUT2D eigenvalue weighted by Crippen LogP contribution is -2.21. The van der Waals surface area contributed by atoms with Gasteiger partial charge in [-0.15, -0.1) is 0 Å². The first kappa shape index (κ1) is 10.2. The number of hydrogen-bond acceptors (Lipinski definition) is 3. The fourth-order valence-electron chi connectivity index (χ4n) is 1.83. The quantitative estimate of drug-likeness (QED) is 0.881. The Morgan fingerprint density at radius 3 is 2.86 bits per heavy atom. The van der Waals surface area contributed by atoms with Crippen LogP contribution in [0.5, 0.6) is 0 Å². The molecule has 3 nitrogen and oxygen atoms in total. The summed E-state index contributed by atoms with van der Waals surface area (Å²) in [7, 11) is 0. The topological polar surface area (TPSA) is 36.6 Å². The van der Waals surface area contributed by atoms with Gasteiger partial charge in [0.25, 0.3) is 0 Å². The van der Waals surface area contributed by atoms with Gasteiger partial charge in [-0.1, -0.05) is 6.92 Å². The zero-order valence-corrected chi connectivity index (χ0v) is 9.70. The number of halogens is 1. The number of furan rings is 1. The monoisotopic (exact) mass is 259 g/mol. The summed E-state index contributed by atoms with van der Waals surface area (Å²) in [4.78, 5) is 2.21. The molecule has 1 aliphatic heterocycles. The smallest absolute Gasteiger partial charge is 0.169 e. The van der Waals surface area contributed by atoms with E-state index in [2.05, 4.69) is 27.8 Å². The van der Waals surface area contributed by atoms with Crippen molar-refractivity contribution in [1.29, 1.82) is 0 Å². The third-order valence-corrected chi connectivity index (χ3v) is 3.08. The fourth-order valence-corrected chi connectivity index (χ4v) is 2.17. The number of likely N-dealkylation sites (tertiary alicyclic amines) is 1. The summed E-state index contributed by atoms with van der Waals surface area (Å²) >= 11 is 3.27. The second-order valence-corrected chi connectivity index (χ2v) is 4.73. The molecular formula is C10H14BrNO2. The third-order valence-electron chi connectivity index (χ3n) is 2.66. The largest absolute Gasteiger partial charge is 0.453 e. The van der Waals surface area contributed by atoms with Crippen LogP contribution in [-0.4, -0.2) is 29.2 Å². The highest BCUT2D eigenvalue weighted by molar-refractivity contribution is 9.10. The van der Waals surface area contributed by atoms with Gasteiger partial charge in [-0.05, 0) is 34.0 Å². The summed E-state index contributed by atoms with van der Waals surface area (Å²) in [6.07, 6.45) is -0.187. The van der Waals surface area contributed by atoms with Crippen LogP contribution in [0.4, 0.5) is 0 Å². The van der Waals surface area contributed by atoms with Crippen LogP contribution in [0.25, 0.3) is 0 Å². The average Bonchev–Trinajstić information content (AvgIpc) is 2.62. The van der Waals surface area contributed by atoms with Crippen molar-refractivity contribution in [3.63, 3.8) is 0 Å². The number of aliphatic hydroxyl groups excluding tert-OH is 1. The van der Waals surface area contributed by atoms with Crippen molar-refractivity contribution in [2.45, 2.75) is 19.6 Å². The molecular weight excluding hydrogens is 246 g/mol. The minimum atomic E-state index is -0.187. The maximum atomic E-state index is 9.57. The van der Waals surface area contributed by atoms with E-state index in [0.717, 1.165) is 30.1 Å². The van der Waals surface area contributed by atoms with Crippen LogP contribution >= 0.6 is 15.9 Å². The van der Waals surface area contributed by atoms with Gasteiger partial charge in [0, 0.05) is 13.1 Å². The van der Waals surface area contributed by atoms with E-state index < -0.39 is 0 Å². The van der Waals surface area contributed by atoms with Crippen molar-refractivity contribution in [3.05, 3.63) is 22.6 Å². The van der Waals surface area contributed by atoms with E-state index in [1.807, 2.05) is 12.1 Å². The van der Waals surface area contributed by atoms with E-state index >= 15 is 0 Å². The average molecular weight is 260 g/mol. The van der Waals surface area contributed by atoms with Crippen LogP contribution in [-0.2, 0) is 6.54 Å². The van der Waals surface area contributed by atoms with Crippen LogP contribution in [0.1, 0.15) is 12.7 Å². The number of nitrogens with zero attached hydrogens (tertiary/aromatic N) is 1. The number of aliphatic hydroxyl groups is 1. The first-order chi connectivity index (χ1) is 6.65. The molecule has 0 aliphatic carbocycles.